The predicted molar refractivity (Wildman–Crippen MR) is 55.0 cm³/mol. The first kappa shape index (κ1) is 11.5. The smallest absolute Gasteiger partial charge is 0.377 e. The van der Waals surface area contributed by atoms with Gasteiger partial charge in [-0.3, -0.25) is 4.79 Å². The third kappa shape index (κ3) is 1.79. The molecule has 0 amide bonds. The molecule has 5 heteroatoms. The van der Waals surface area contributed by atoms with Crippen LogP contribution in [0.25, 0.3) is 0 Å². The summed E-state index contributed by atoms with van der Waals surface area (Å²) in [6.07, 6.45) is 0.570. The summed E-state index contributed by atoms with van der Waals surface area (Å²) in [5, 5.41) is 18.7. The lowest BCUT2D eigenvalue weighted by atomic mass is 9.79. The highest BCUT2D eigenvalue weighted by Crippen LogP contribution is 2.41. The van der Waals surface area contributed by atoms with Gasteiger partial charge in [-0.1, -0.05) is 13.8 Å². The van der Waals surface area contributed by atoms with Crippen LogP contribution < -0.4 is 0 Å². The van der Waals surface area contributed by atoms with E-state index in [9.17, 15) is 14.9 Å². The molecule has 0 aliphatic carbocycles. The molecule has 0 unspecified atom stereocenters. The van der Waals surface area contributed by atoms with Gasteiger partial charge >= 0.3 is 13.0 Å². The van der Waals surface area contributed by atoms with Crippen molar-refractivity contribution in [2.24, 2.45) is 5.41 Å². The Morgan fingerprint density at radius 3 is 2.21 bits per heavy atom. The summed E-state index contributed by atoms with van der Waals surface area (Å²) >= 11 is 0. The molecule has 0 saturated carbocycles. The van der Waals surface area contributed by atoms with Crippen molar-refractivity contribution in [1.82, 2.24) is 4.81 Å². The minimum absolute atomic E-state index is 0.0515. The normalized spacial score (nSPS) is 31.8. The molecular formula is C9H18BNO3. The summed E-state index contributed by atoms with van der Waals surface area (Å²) in [6.45, 7) is 7.96. The molecular weight excluding hydrogens is 181 g/mol. The Kier molecular flexibility index (Phi) is 2.67. The van der Waals surface area contributed by atoms with Crippen molar-refractivity contribution in [3.05, 3.63) is 0 Å². The topological polar surface area (TPSA) is 60.8 Å². The fourth-order valence-electron chi connectivity index (χ4n) is 2.47. The lowest BCUT2D eigenvalue weighted by Gasteiger charge is -2.31. The molecule has 0 aromatic heterocycles. The first-order valence-corrected chi connectivity index (χ1v) is 4.87. The van der Waals surface area contributed by atoms with E-state index in [0.717, 1.165) is 0 Å². The van der Waals surface area contributed by atoms with Crippen LogP contribution in [0.4, 0.5) is 0 Å². The molecule has 4 nitrogen and oxygen atoms in total. The second kappa shape index (κ2) is 3.24. The highest BCUT2D eigenvalue weighted by Gasteiger charge is 2.52. The zero-order valence-electron chi connectivity index (χ0n) is 9.24. The van der Waals surface area contributed by atoms with Crippen molar-refractivity contribution < 1.29 is 14.9 Å². The summed E-state index contributed by atoms with van der Waals surface area (Å²) in [6, 6.07) is 0. The molecule has 0 bridgehead atoms. The van der Waals surface area contributed by atoms with Crippen LogP contribution in [0, 0.1) is 5.41 Å². The van der Waals surface area contributed by atoms with Gasteiger partial charge in [-0.05, 0) is 32.1 Å². The maximum Gasteiger partial charge on any atom is 0.377 e. The third-order valence-electron chi connectivity index (χ3n) is 2.97. The molecule has 1 heterocycles. The van der Waals surface area contributed by atoms with Crippen LogP contribution >= 0.6 is 0 Å². The fraction of sp³-hybridized carbons (Fsp3) is 0.889. The van der Waals surface area contributed by atoms with Gasteiger partial charge in [0, 0.05) is 0 Å². The molecule has 1 atom stereocenters. The number of aliphatic carboxylic acids is 1. The number of carbonyl (C=O) groups is 1. The SMILES string of the molecule is CB(O)N1CC(C)(C)C[C@]1(C)C(=O)O. The minimum Gasteiger partial charge on any atom is -0.480 e. The van der Waals surface area contributed by atoms with E-state index in [-0.39, 0.29) is 5.41 Å². The number of carboxylic acid groups (broad SMARTS) is 1. The quantitative estimate of drug-likeness (QED) is 0.641. The van der Waals surface area contributed by atoms with Crippen LogP contribution in [0.3, 0.4) is 0 Å². The number of nitrogens with zero attached hydrogens (tertiary/aromatic N) is 1. The van der Waals surface area contributed by atoms with Gasteiger partial charge in [0.15, 0.2) is 0 Å². The zero-order valence-corrected chi connectivity index (χ0v) is 9.24. The lowest BCUT2D eigenvalue weighted by Crippen LogP contribution is -2.53. The molecule has 0 aromatic carbocycles. The van der Waals surface area contributed by atoms with Gasteiger partial charge in [0.2, 0.25) is 0 Å². The Hall–Kier alpha value is -0.545. The first-order chi connectivity index (χ1) is 6.19. The van der Waals surface area contributed by atoms with Crippen molar-refractivity contribution in [2.45, 2.75) is 39.6 Å². The molecule has 1 saturated heterocycles. The molecule has 1 rings (SSSR count). The largest absolute Gasteiger partial charge is 0.480 e. The molecule has 0 spiro atoms. The summed E-state index contributed by atoms with van der Waals surface area (Å²) in [4.78, 5) is 12.8. The van der Waals surface area contributed by atoms with Crippen molar-refractivity contribution in [1.29, 1.82) is 0 Å². The summed E-state index contributed by atoms with van der Waals surface area (Å²) in [7, 11) is -0.710. The average Bonchev–Trinajstić information content (AvgIpc) is 2.22. The van der Waals surface area contributed by atoms with Gasteiger partial charge in [-0.2, -0.15) is 0 Å². The number of hydrogen-bond donors (Lipinski definition) is 2. The van der Waals surface area contributed by atoms with E-state index in [1.54, 1.807) is 18.6 Å². The van der Waals surface area contributed by atoms with Crippen molar-refractivity contribution in [3.8, 4) is 0 Å². The monoisotopic (exact) mass is 199 g/mol. The van der Waals surface area contributed by atoms with Gasteiger partial charge < -0.3 is 14.9 Å². The maximum atomic E-state index is 11.2. The van der Waals surface area contributed by atoms with Gasteiger partial charge in [0.25, 0.3) is 0 Å². The van der Waals surface area contributed by atoms with E-state index in [1.165, 1.54) is 0 Å². The van der Waals surface area contributed by atoms with Gasteiger partial charge in [0.1, 0.15) is 5.54 Å². The molecule has 1 aliphatic rings. The van der Waals surface area contributed by atoms with Crippen LogP contribution in [0.15, 0.2) is 0 Å². The Bertz CT molecular complexity index is 254. The number of carboxylic acids is 1. The highest BCUT2D eigenvalue weighted by molar-refractivity contribution is 6.46. The summed E-state index contributed by atoms with van der Waals surface area (Å²) in [5.41, 5.74) is -0.984. The van der Waals surface area contributed by atoms with E-state index in [4.69, 9.17) is 0 Å². The Labute approximate surface area is 85.0 Å². The summed E-state index contributed by atoms with van der Waals surface area (Å²) < 4.78 is 0. The first-order valence-electron chi connectivity index (χ1n) is 4.87. The second-order valence-corrected chi connectivity index (χ2v) is 5.18. The second-order valence-electron chi connectivity index (χ2n) is 5.18. The standard InChI is InChI=1S/C9H18BNO3/c1-8(2)5-9(3,7(12)13)11(6-8)10(4)14/h14H,5-6H2,1-4H3,(H,12,13)/t9-/m1/s1. The Morgan fingerprint density at radius 1 is 1.43 bits per heavy atom. The Morgan fingerprint density at radius 2 is 1.93 bits per heavy atom. The number of hydrogen-bond acceptors (Lipinski definition) is 3. The van der Waals surface area contributed by atoms with E-state index in [1.807, 2.05) is 13.8 Å². The molecule has 1 aliphatic heterocycles. The van der Waals surface area contributed by atoms with Gasteiger partial charge in [-0.25, -0.2) is 0 Å². The fourth-order valence-corrected chi connectivity index (χ4v) is 2.47. The van der Waals surface area contributed by atoms with Crippen LogP contribution in [0.1, 0.15) is 27.2 Å². The van der Waals surface area contributed by atoms with Crippen LogP contribution in [-0.4, -0.2) is 40.0 Å². The van der Waals surface area contributed by atoms with Crippen LogP contribution in [0.5, 0.6) is 0 Å². The van der Waals surface area contributed by atoms with Gasteiger partial charge in [-0.15, -0.1) is 0 Å². The molecule has 2 N–H and O–H groups in total. The van der Waals surface area contributed by atoms with E-state index < -0.39 is 18.6 Å². The van der Waals surface area contributed by atoms with E-state index >= 15 is 0 Å². The Balaban J connectivity index is 2.99. The molecule has 80 valence electrons. The molecule has 0 radical (unpaired) electrons. The van der Waals surface area contributed by atoms with Crippen LogP contribution in [-0.2, 0) is 4.79 Å². The van der Waals surface area contributed by atoms with Crippen molar-refractivity contribution in [2.75, 3.05) is 6.54 Å². The summed E-state index contributed by atoms with van der Waals surface area (Å²) in [5.74, 6) is -0.857. The predicted octanol–water partition coefficient (Wildman–Crippen LogP) is 0.672. The average molecular weight is 199 g/mol. The van der Waals surface area contributed by atoms with E-state index in [2.05, 4.69) is 0 Å². The molecule has 14 heavy (non-hydrogen) atoms. The van der Waals surface area contributed by atoms with Crippen LogP contribution in [0.2, 0.25) is 6.82 Å². The maximum absolute atomic E-state index is 11.2. The number of rotatable bonds is 2. The van der Waals surface area contributed by atoms with Crippen molar-refractivity contribution in [3.63, 3.8) is 0 Å². The highest BCUT2D eigenvalue weighted by atomic mass is 16.4. The zero-order chi connectivity index (χ0) is 11.1. The lowest BCUT2D eigenvalue weighted by molar-refractivity contribution is -0.146. The molecule has 0 aromatic rings. The van der Waals surface area contributed by atoms with E-state index in [0.29, 0.717) is 13.0 Å². The minimum atomic E-state index is -0.933. The van der Waals surface area contributed by atoms with Crippen molar-refractivity contribution >= 4 is 13.0 Å². The van der Waals surface area contributed by atoms with Gasteiger partial charge in [0.05, 0.1) is 0 Å². The third-order valence-corrected chi connectivity index (χ3v) is 2.97. The molecule has 1 fully saturated rings.